The largest absolute Gasteiger partial charge is 0.462 e. The number of carbonyl (C=O) groups excluding carboxylic acids is 2. The predicted octanol–water partition coefficient (Wildman–Crippen LogP) is 4.34. The summed E-state index contributed by atoms with van der Waals surface area (Å²) in [5, 5.41) is 1.81. The summed E-state index contributed by atoms with van der Waals surface area (Å²) in [6.45, 7) is 5.06. The smallest absolute Gasteiger partial charge is 0.412 e. The third-order valence-electron chi connectivity index (χ3n) is 4.03. The molecule has 1 atom stereocenters. The minimum atomic E-state index is -1.52. The van der Waals surface area contributed by atoms with E-state index in [1.54, 1.807) is 23.2 Å². The van der Waals surface area contributed by atoms with Gasteiger partial charge in [-0.1, -0.05) is 6.92 Å². The van der Waals surface area contributed by atoms with Crippen LogP contribution in [-0.4, -0.2) is 43.0 Å². The lowest BCUT2D eigenvalue weighted by Crippen LogP contribution is -2.39. The highest BCUT2D eigenvalue weighted by molar-refractivity contribution is 7.10. The molecule has 0 aliphatic carbocycles. The molecule has 5 nitrogen and oxygen atoms in total. The van der Waals surface area contributed by atoms with Crippen LogP contribution in [0, 0.1) is 0 Å². The molecular formula is C17H24FNO4S. The van der Waals surface area contributed by atoms with E-state index in [4.69, 9.17) is 9.47 Å². The second kappa shape index (κ2) is 9.01. The minimum Gasteiger partial charge on any atom is -0.462 e. The Balaban J connectivity index is 1.84. The van der Waals surface area contributed by atoms with Crippen LogP contribution in [0.3, 0.4) is 0 Å². The van der Waals surface area contributed by atoms with E-state index >= 15 is 0 Å². The molecule has 1 aromatic heterocycles. The summed E-state index contributed by atoms with van der Waals surface area (Å²) in [6.07, 6.45) is 0.328. The molecule has 1 amide bonds. The number of thiophene rings is 1. The van der Waals surface area contributed by atoms with E-state index in [0.717, 1.165) is 17.7 Å². The molecular weight excluding hydrogens is 333 g/mol. The van der Waals surface area contributed by atoms with Gasteiger partial charge >= 0.3 is 12.1 Å². The Kier molecular flexibility index (Phi) is 7.02. The molecule has 2 rings (SSSR count). The van der Waals surface area contributed by atoms with Crippen molar-refractivity contribution in [1.82, 2.24) is 4.90 Å². The molecule has 7 heteroatoms. The average molecular weight is 357 g/mol. The van der Waals surface area contributed by atoms with Gasteiger partial charge in [0.05, 0.1) is 12.2 Å². The van der Waals surface area contributed by atoms with Crippen molar-refractivity contribution in [3.8, 4) is 0 Å². The summed E-state index contributed by atoms with van der Waals surface area (Å²) in [5.74, 6) is 0.00460. The maximum absolute atomic E-state index is 13.4. The van der Waals surface area contributed by atoms with Crippen molar-refractivity contribution in [2.45, 2.75) is 51.8 Å². The van der Waals surface area contributed by atoms with Gasteiger partial charge in [0, 0.05) is 29.8 Å². The highest BCUT2D eigenvalue weighted by Gasteiger charge is 2.27. The number of ether oxygens (including phenoxy) is 2. The molecule has 0 bridgehead atoms. The van der Waals surface area contributed by atoms with Crippen molar-refractivity contribution in [3.05, 3.63) is 21.9 Å². The van der Waals surface area contributed by atoms with Crippen LogP contribution in [0.25, 0.3) is 0 Å². The molecule has 1 aliphatic heterocycles. The summed E-state index contributed by atoms with van der Waals surface area (Å²) in [4.78, 5) is 26.3. The van der Waals surface area contributed by atoms with E-state index in [9.17, 15) is 14.0 Å². The highest BCUT2D eigenvalue weighted by atomic mass is 32.1. The van der Waals surface area contributed by atoms with Gasteiger partial charge in [-0.2, -0.15) is 0 Å². The first-order valence-corrected chi connectivity index (χ1v) is 9.28. The van der Waals surface area contributed by atoms with E-state index in [2.05, 4.69) is 0 Å². The Morgan fingerprint density at radius 2 is 2.08 bits per heavy atom. The van der Waals surface area contributed by atoms with Crippen molar-refractivity contribution < 1.29 is 23.5 Å². The Hall–Kier alpha value is -1.63. The Labute approximate surface area is 145 Å². The fourth-order valence-electron chi connectivity index (χ4n) is 2.70. The van der Waals surface area contributed by atoms with Crippen LogP contribution in [0.5, 0.6) is 0 Å². The van der Waals surface area contributed by atoms with Crippen LogP contribution in [0.2, 0.25) is 0 Å². The lowest BCUT2D eigenvalue weighted by atomic mass is 9.95. The number of nitrogens with zero attached hydrogens (tertiary/aromatic N) is 1. The van der Waals surface area contributed by atoms with E-state index in [-0.39, 0.29) is 12.4 Å². The molecule has 0 aromatic carbocycles. The zero-order chi connectivity index (χ0) is 17.5. The van der Waals surface area contributed by atoms with Crippen LogP contribution in [0.4, 0.5) is 9.18 Å². The topological polar surface area (TPSA) is 55.8 Å². The molecule has 1 aliphatic rings. The molecule has 0 radical (unpaired) electrons. The molecule has 134 valence electrons. The summed E-state index contributed by atoms with van der Waals surface area (Å²) in [6, 6.07) is 1.88. The highest BCUT2D eigenvalue weighted by Crippen LogP contribution is 2.33. The number of halogens is 1. The number of esters is 1. The monoisotopic (exact) mass is 357 g/mol. The Morgan fingerprint density at radius 3 is 2.71 bits per heavy atom. The number of carbonyl (C=O) groups is 2. The quantitative estimate of drug-likeness (QED) is 0.711. The van der Waals surface area contributed by atoms with E-state index in [1.165, 1.54) is 0 Å². The zero-order valence-electron chi connectivity index (χ0n) is 14.1. The number of likely N-dealkylation sites (tertiary alicyclic amines) is 1. The van der Waals surface area contributed by atoms with Gasteiger partial charge in [-0.3, -0.25) is 0 Å². The Morgan fingerprint density at radius 1 is 1.38 bits per heavy atom. The number of rotatable bonds is 6. The maximum Gasteiger partial charge on any atom is 0.412 e. The van der Waals surface area contributed by atoms with Crippen LogP contribution < -0.4 is 0 Å². The fraction of sp³-hybridized carbons (Fsp3) is 0.647. The SMILES string of the molecule is CCCC(F)OC(=O)N1CCC(c2cc(C(=O)OCC)cs2)CC1. The first-order valence-electron chi connectivity index (χ1n) is 8.40. The molecule has 24 heavy (non-hydrogen) atoms. The Bertz CT molecular complexity index is 555. The molecule has 0 saturated carbocycles. The molecule has 0 N–H and O–H groups in total. The summed E-state index contributed by atoms with van der Waals surface area (Å²) < 4.78 is 23.2. The molecule has 0 spiro atoms. The molecule has 2 heterocycles. The second-order valence-corrected chi connectivity index (χ2v) is 6.74. The van der Waals surface area contributed by atoms with Crippen molar-refractivity contribution in [3.63, 3.8) is 0 Å². The summed E-state index contributed by atoms with van der Waals surface area (Å²) >= 11 is 1.54. The standard InChI is InChI=1S/C17H24FNO4S/c1-3-5-15(18)23-17(21)19-8-6-12(7-9-19)14-10-13(11-24-14)16(20)22-4-2/h10-12,15H,3-9H2,1-2H3. The molecule has 1 saturated heterocycles. The van der Waals surface area contributed by atoms with Gasteiger partial charge < -0.3 is 14.4 Å². The van der Waals surface area contributed by atoms with Crippen molar-refractivity contribution in [2.75, 3.05) is 19.7 Å². The van der Waals surface area contributed by atoms with Gasteiger partial charge in [0.2, 0.25) is 6.36 Å². The molecule has 1 fully saturated rings. The maximum atomic E-state index is 13.4. The van der Waals surface area contributed by atoms with Crippen LogP contribution >= 0.6 is 11.3 Å². The number of hydrogen-bond acceptors (Lipinski definition) is 5. The number of hydrogen-bond donors (Lipinski definition) is 0. The van der Waals surface area contributed by atoms with E-state index < -0.39 is 12.5 Å². The van der Waals surface area contributed by atoms with Gasteiger partial charge in [-0.15, -0.1) is 11.3 Å². The third kappa shape index (κ3) is 4.93. The fourth-order valence-corrected chi connectivity index (χ4v) is 3.76. The first-order chi connectivity index (χ1) is 11.5. The van der Waals surface area contributed by atoms with Crippen molar-refractivity contribution >= 4 is 23.4 Å². The molecule has 1 unspecified atom stereocenters. The van der Waals surface area contributed by atoms with Gasteiger partial charge in [-0.05, 0) is 38.2 Å². The summed E-state index contributed by atoms with van der Waals surface area (Å²) in [7, 11) is 0. The lowest BCUT2D eigenvalue weighted by molar-refractivity contribution is -0.0138. The van der Waals surface area contributed by atoms with Crippen LogP contribution in [0.15, 0.2) is 11.4 Å². The first kappa shape index (κ1) is 18.7. The van der Waals surface area contributed by atoms with Crippen LogP contribution in [0.1, 0.15) is 60.7 Å². The third-order valence-corrected chi connectivity index (χ3v) is 5.13. The minimum absolute atomic E-state index is 0.230. The van der Waals surface area contributed by atoms with E-state index in [0.29, 0.717) is 37.6 Å². The van der Waals surface area contributed by atoms with Gasteiger partial charge in [-0.25, -0.2) is 14.0 Å². The second-order valence-electron chi connectivity index (χ2n) is 5.80. The normalized spacial score (nSPS) is 16.7. The summed E-state index contributed by atoms with van der Waals surface area (Å²) in [5.41, 5.74) is 0.582. The van der Waals surface area contributed by atoms with Crippen molar-refractivity contribution in [2.24, 2.45) is 0 Å². The zero-order valence-corrected chi connectivity index (χ0v) is 14.9. The van der Waals surface area contributed by atoms with Gasteiger partial charge in [0.1, 0.15) is 0 Å². The lowest BCUT2D eigenvalue weighted by Gasteiger charge is -2.31. The number of amides is 1. The predicted molar refractivity (Wildman–Crippen MR) is 90.1 cm³/mol. The molecule has 1 aromatic rings. The van der Waals surface area contributed by atoms with Gasteiger partial charge in [0.15, 0.2) is 0 Å². The van der Waals surface area contributed by atoms with Crippen molar-refractivity contribution in [1.29, 1.82) is 0 Å². The number of alkyl halides is 1. The van der Waals surface area contributed by atoms with Crippen LogP contribution in [-0.2, 0) is 9.47 Å². The number of piperidine rings is 1. The van der Waals surface area contributed by atoms with E-state index in [1.807, 2.05) is 18.4 Å². The average Bonchev–Trinajstić information content (AvgIpc) is 3.05. The van der Waals surface area contributed by atoms with Gasteiger partial charge in [0.25, 0.3) is 0 Å².